The van der Waals surface area contributed by atoms with E-state index in [0.29, 0.717) is 6.54 Å². The van der Waals surface area contributed by atoms with Gasteiger partial charge in [-0.2, -0.15) is 4.31 Å². The van der Waals surface area contributed by atoms with E-state index in [1.165, 1.54) is 15.6 Å². The molecule has 0 bridgehead atoms. The van der Waals surface area contributed by atoms with E-state index >= 15 is 0 Å². The first-order valence-electron chi connectivity index (χ1n) is 6.27. The lowest BCUT2D eigenvalue weighted by Gasteiger charge is -2.16. The Morgan fingerprint density at radius 1 is 1.30 bits per heavy atom. The van der Waals surface area contributed by atoms with Gasteiger partial charge in [-0.1, -0.05) is 29.8 Å². The van der Waals surface area contributed by atoms with Crippen LogP contribution >= 0.6 is 11.3 Å². The van der Waals surface area contributed by atoms with Gasteiger partial charge in [0.2, 0.25) is 10.0 Å². The van der Waals surface area contributed by atoms with Crippen molar-refractivity contribution in [2.24, 2.45) is 0 Å². The molecule has 108 valence electrons. The van der Waals surface area contributed by atoms with Gasteiger partial charge in [0, 0.05) is 12.4 Å². The number of hydrogen-bond donors (Lipinski definition) is 0. The second-order valence-electron chi connectivity index (χ2n) is 4.86. The maximum Gasteiger partial charge on any atom is 0.218 e. The van der Waals surface area contributed by atoms with Crippen molar-refractivity contribution >= 4 is 21.4 Å². The van der Waals surface area contributed by atoms with Crippen LogP contribution in [-0.2, 0) is 22.3 Å². The summed E-state index contributed by atoms with van der Waals surface area (Å²) < 4.78 is 26.0. The summed E-state index contributed by atoms with van der Waals surface area (Å²) in [6.07, 6.45) is 0. The average Bonchev–Trinajstić information content (AvgIpc) is 2.74. The van der Waals surface area contributed by atoms with E-state index in [-0.39, 0.29) is 5.75 Å². The van der Waals surface area contributed by atoms with Crippen molar-refractivity contribution in [1.82, 2.24) is 9.29 Å². The van der Waals surface area contributed by atoms with Gasteiger partial charge in [-0.05, 0) is 19.4 Å². The lowest BCUT2D eigenvalue weighted by molar-refractivity contribution is 0.462. The maximum absolute atomic E-state index is 12.3. The summed E-state index contributed by atoms with van der Waals surface area (Å²) in [6, 6.07) is 7.58. The molecule has 0 aliphatic carbocycles. The van der Waals surface area contributed by atoms with Crippen LogP contribution in [-0.4, -0.2) is 24.8 Å². The number of aryl methyl sites for hydroxylation is 2. The Labute approximate surface area is 124 Å². The van der Waals surface area contributed by atoms with E-state index in [9.17, 15) is 8.42 Å². The minimum atomic E-state index is -3.32. The molecule has 0 atom stereocenters. The number of thiazole rings is 1. The minimum Gasteiger partial charge on any atom is -0.245 e. The van der Waals surface area contributed by atoms with Crippen molar-refractivity contribution in [3.8, 4) is 0 Å². The molecule has 20 heavy (non-hydrogen) atoms. The Kier molecular flexibility index (Phi) is 4.57. The molecule has 0 aliphatic heterocycles. The molecule has 0 fully saturated rings. The zero-order valence-electron chi connectivity index (χ0n) is 11.8. The largest absolute Gasteiger partial charge is 0.245 e. The zero-order valence-corrected chi connectivity index (χ0v) is 13.5. The van der Waals surface area contributed by atoms with Crippen molar-refractivity contribution in [3.05, 3.63) is 51.5 Å². The number of hydrogen-bond acceptors (Lipinski definition) is 4. The Morgan fingerprint density at radius 2 is 2.05 bits per heavy atom. The van der Waals surface area contributed by atoms with Gasteiger partial charge < -0.3 is 0 Å². The summed E-state index contributed by atoms with van der Waals surface area (Å²) >= 11 is 1.53. The van der Waals surface area contributed by atoms with Crippen molar-refractivity contribution in [3.63, 3.8) is 0 Å². The molecule has 0 N–H and O–H groups in total. The lowest BCUT2D eigenvalue weighted by atomic mass is 10.2. The second kappa shape index (κ2) is 6.03. The number of nitrogens with zero attached hydrogens (tertiary/aromatic N) is 2. The van der Waals surface area contributed by atoms with E-state index in [1.54, 1.807) is 7.05 Å². The van der Waals surface area contributed by atoms with Crippen LogP contribution in [0.3, 0.4) is 0 Å². The second-order valence-corrected chi connectivity index (χ2v) is 8.00. The van der Waals surface area contributed by atoms with Gasteiger partial charge >= 0.3 is 0 Å². The van der Waals surface area contributed by atoms with Crippen molar-refractivity contribution in [2.75, 3.05) is 7.05 Å². The Balaban J connectivity index is 2.09. The van der Waals surface area contributed by atoms with Gasteiger partial charge in [0.1, 0.15) is 0 Å². The highest BCUT2D eigenvalue weighted by atomic mass is 32.2. The average molecular weight is 310 g/mol. The Bertz CT molecular complexity index is 693. The maximum atomic E-state index is 12.3. The zero-order chi connectivity index (χ0) is 14.8. The van der Waals surface area contributed by atoms with E-state index in [4.69, 9.17) is 0 Å². The molecule has 0 saturated heterocycles. The summed E-state index contributed by atoms with van der Waals surface area (Å²) in [4.78, 5) is 4.30. The molecule has 2 aromatic rings. The highest BCUT2D eigenvalue weighted by molar-refractivity contribution is 7.88. The van der Waals surface area contributed by atoms with Crippen LogP contribution in [0.15, 0.2) is 29.6 Å². The first kappa shape index (κ1) is 15.2. The smallest absolute Gasteiger partial charge is 0.218 e. The van der Waals surface area contributed by atoms with Gasteiger partial charge in [0.25, 0.3) is 0 Å². The lowest BCUT2D eigenvalue weighted by Crippen LogP contribution is -2.27. The molecule has 0 saturated carbocycles. The molecule has 6 heteroatoms. The minimum absolute atomic E-state index is 0.0221. The molecule has 1 aromatic carbocycles. The molecule has 1 heterocycles. The standard InChI is InChI=1S/C14H18N2O2S2/c1-11-5-4-6-13(7-11)10-20(17,18)16(3)8-14-9-19-12(2)15-14/h4-7,9H,8,10H2,1-3H3. The van der Waals surface area contributed by atoms with E-state index in [0.717, 1.165) is 21.8 Å². The van der Waals surface area contributed by atoms with Crippen LogP contribution in [0.5, 0.6) is 0 Å². The van der Waals surface area contributed by atoms with Crippen LogP contribution in [0.25, 0.3) is 0 Å². The van der Waals surface area contributed by atoms with Crippen LogP contribution < -0.4 is 0 Å². The molecular weight excluding hydrogens is 292 g/mol. The fourth-order valence-corrected chi connectivity index (χ4v) is 3.68. The predicted molar refractivity (Wildman–Crippen MR) is 82.1 cm³/mol. The summed E-state index contributed by atoms with van der Waals surface area (Å²) in [5.74, 6) is 0.0221. The van der Waals surface area contributed by atoms with Crippen LogP contribution in [0.2, 0.25) is 0 Å². The highest BCUT2D eigenvalue weighted by Crippen LogP contribution is 2.15. The third-order valence-electron chi connectivity index (χ3n) is 2.96. The fourth-order valence-electron chi connectivity index (χ4n) is 1.93. The van der Waals surface area contributed by atoms with Gasteiger partial charge in [-0.15, -0.1) is 11.3 Å². The Hall–Kier alpha value is -1.24. The summed E-state index contributed by atoms with van der Waals surface area (Å²) in [5, 5.41) is 2.85. The van der Waals surface area contributed by atoms with Crippen LogP contribution in [0, 0.1) is 13.8 Å². The van der Waals surface area contributed by atoms with Crippen molar-refractivity contribution in [2.45, 2.75) is 26.1 Å². The monoisotopic (exact) mass is 310 g/mol. The van der Waals surface area contributed by atoms with Gasteiger partial charge in [0.05, 0.1) is 23.0 Å². The molecule has 0 spiro atoms. The van der Waals surface area contributed by atoms with Crippen LogP contribution in [0.1, 0.15) is 21.8 Å². The first-order chi connectivity index (χ1) is 9.37. The topological polar surface area (TPSA) is 50.3 Å². The van der Waals surface area contributed by atoms with E-state index in [2.05, 4.69) is 4.98 Å². The van der Waals surface area contributed by atoms with Gasteiger partial charge in [-0.25, -0.2) is 13.4 Å². The Morgan fingerprint density at radius 3 is 2.65 bits per heavy atom. The molecular formula is C14H18N2O2S2. The van der Waals surface area contributed by atoms with Crippen molar-refractivity contribution in [1.29, 1.82) is 0 Å². The summed E-state index contributed by atoms with van der Waals surface area (Å²) in [7, 11) is -1.72. The van der Waals surface area contributed by atoms with E-state index in [1.807, 2.05) is 43.5 Å². The van der Waals surface area contributed by atoms with Crippen molar-refractivity contribution < 1.29 is 8.42 Å². The summed E-state index contributed by atoms with van der Waals surface area (Å²) in [6.45, 7) is 4.19. The fraction of sp³-hybridized carbons (Fsp3) is 0.357. The highest BCUT2D eigenvalue weighted by Gasteiger charge is 2.19. The van der Waals surface area contributed by atoms with Gasteiger partial charge in [0.15, 0.2) is 0 Å². The first-order valence-corrected chi connectivity index (χ1v) is 8.76. The summed E-state index contributed by atoms with van der Waals surface area (Å²) in [5.41, 5.74) is 2.67. The number of aromatic nitrogens is 1. The molecule has 4 nitrogen and oxygen atoms in total. The quantitative estimate of drug-likeness (QED) is 0.853. The third kappa shape index (κ3) is 3.88. The number of benzene rings is 1. The number of rotatable bonds is 5. The molecule has 0 unspecified atom stereocenters. The molecule has 0 amide bonds. The molecule has 0 aliphatic rings. The molecule has 2 rings (SSSR count). The SMILES string of the molecule is Cc1cccc(CS(=O)(=O)N(C)Cc2csc(C)n2)c1. The molecule has 0 radical (unpaired) electrons. The third-order valence-corrected chi connectivity index (χ3v) is 5.56. The van der Waals surface area contributed by atoms with E-state index < -0.39 is 10.0 Å². The van der Waals surface area contributed by atoms with Crippen LogP contribution in [0.4, 0.5) is 0 Å². The predicted octanol–water partition coefficient (Wildman–Crippen LogP) is 2.72. The van der Waals surface area contributed by atoms with Gasteiger partial charge in [-0.3, -0.25) is 0 Å². The number of sulfonamides is 1. The molecule has 1 aromatic heterocycles. The normalized spacial score (nSPS) is 12.0.